The van der Waals surface area contributed by atoms with Crippen molar-refractivity contribution in [3.05, 3.63) is 81.4 Å². The number of hydrazone groups is 1. The number of amides is 1. The second-order valence-electron chi connectivity index (χ2n) is 5.85. The molecule has 136 valence electrons. The smallest absolute Gasteiger partial charge is 0.272 e. The molecule has 0 unspecified atom stereocenters. The van der Waals surface area contributed by atoms with Gasteiger partial charge in [0.25, 0.3) is 11.6 Å². The van der Waals surface area contributed by atoms with Gasteiger partial charge in [0.05, 0.1) is 16.7 Å². The molecule has 0 aliphatic heterocycles. The average Bonchev–Trinajstić information content (AvgIpc) is 3.10. The van der Waals surface area contributed by atoms with E-state index in [1.165, 1.54) is 24.5 Å². The summed E-state index contributed by atoms with van der Waals surface area (Å²) in [7, 11) is 0. The summed E-state index contributed by atoms with van der Waals surface area (Å²) in [5.41, 5.74) is 5.12. The molecule has 8 nitrogen and oxygen atoms in total. The Hall–Kier alpha value is -3.81. The summed E-state index contributed by atoms with van der Waals surface area (Å²) in [5.74, 6) is 0.611. The largest absolute Gasteiger partial charge is 0.455 e. The molecule has 0 saturated carbocycles. The molecule has 0 aliphatic rings. The van der Waals surface area contributed by atoms with Crippen molar-refractivity contribution in [1.29, 1.82) is 0 Å². The fourth-order valence-corrected chi connectivity index (χ4v) is 2.43. The van der Waals surface area contributed by atoms with Crippen LogP contribution >= 0.6 is 0 Å². The Morgan fingerprint density at radius 2 is 2.04 bits per heavy atom. The Bertz CT molecular complexity index is 1020. The molecular weight excluding hydrogens is 348 g/mol. The van der Waals surface area contributed by atoms with E-state index in [-0.39, 0.29) is 11.6 Å². The molecule has 0 spiro atoms. The van der Waals surface area contributed by atoms with Crippen molar-refractivity contribution in [1.82, 2.24) is 10.4 Å². The van der Waals surface area contributed by atoms with E-state index >= 15 is 0 Å². The van der Waals surface area contributed by atoms with Crippen LogP contribution in [0, 0.1) is 24.0 Å². The Morgan fingerprint density at radius 3 is 2.70 bits per heavy atom. The molecule has 1 aromatic carbocycles. The monoisotopic (exact) mass is 364 g/mol. The third-order valence-corrected chi connectivity index (χ3v) is 3.84. The van der Waals surface area contributed by atoms with Crippen LogP contribution in [0.3, 0.4) is 0 Å². The van der Waals surface area contributed by atoms with Crippen molar-refractivity contribution >= 4 is 17.8 Å². The summed E-state index contributed by atoms with van der Waals surface area (Å²) >= 11 is 0. The summed E-state index contributed by atoms with van der Waals surface area (Å²) in [6.07, 6.45) is 2.85. The Kier molecular flexibility index (Phi) is 5.07. The van der Waals surface area contributed by atoms with Crippen molar-refractivity contribution < 1.29 is 14.1 Å². The first-order valence-electron chi connectivity index (χ1n) is 8.05. The number of furan rings is 1. The maximum absolute atomic E-state index is 12.0. The summed E-state index contributed by atoms with van der Waals surface area (Å²) in [6, 6.07) is 11.4. The number of nitro groups is 1. The maximum atomic E-state index is 12.0. The SMILES string of the molecule is Cc1ccc(C(=O)N/N=C\c2ccc(-c3ccc([N+](=O)[O-])cc3C)o2)cn1. The lowest BCUT2D eigenvalue weighted by molar-refractivity contribution is -0.384. The molecule has 0 aliphatic carbocycles. The van der Waals surface area contributed by atoms with Gasteiger partial charge in [-0.2, -0.15) is 5.10 Å². The average molecular weight is 364 g/mol. The van der Waals surface area contributed by atoms with Gasteiger partial charge in [-0.3, -0.25) is 19.9 Å². The Balaban J connectivity index is 1.69. The lowest BCUT2D eigenvalue weighted by Gasteiger charge is -2.02. The molecule has 27 heavy (non-hydrogen) atoms. The van der Waals surface area contributed by atoms with Crippen molar-refractivity contribution in [2.45, 2.75) is 13.8 Å². The molecule has 1 N–H and O–H groups in total. The van der Waals surface area contributed by atoms with E-state index in [0.717, 1.165) is 16.8 Å². The van der Waals surface area contributed by atoms with Crippen molar-refractivity contribution in [2.24, 2.45) is 5.10 Å². The summed E-state index contributed by atoms with van der Waals surface area (Å²) in [5, 5.41) is 14.7. The number of aromatic nitrogens is 1. The van der Waals surface area contributed by atoms with Gasteiger partial charge in [0.1, 0.15) is 11.5 Å². The number of carbonyl (C=O) groups is 1. The molecular formula is C19H16N4O4. The highest BCUT2D eigenvalue weighted by molar-refractivity contribution is 5.94. The van der Waals surface area contributed by atoms with E-state index in [1.807, 2.05) is 6.92 Å². The molecule has 8 heteroatoms. The molecule has 0 fully saturated rings. The lowest BCUT2D eigenvalue weighted by Crippen LogP contribution is -2.17. The second kappa shape index (κ2) is 7.61. The zero-order valence-corrected chi connectivity index (χ0v) is 14.7. The van der Waals surface area contributed by atoms with E-state index in [0.29, 0.717) is 17.1 Å². The molecule has 3 aromatic rings. The second-order valence-corrected chi connectivity index (χ2v) is 5.85. The molecule has 0 atom stereocenters. The number of nitrogens with zero attached hydrogens (tertiary/aromatic N) is 3. The molecule has 2 heterocycles. The fourth-order valence-electron chi connectivity index (χ4n) is 2.43. The van der Waals surface area contributed by atoms with Crippen molar-refractivity contribution in [3.8, 4) is 11.3 Å². The number of nitro benzene ring substituents is 1. The number of hydrogen-bond acceptors (Lipinski definition) is 6. The summed E-state index contributed by atoms with van der Waals surface area (Å²) < 4.78 is 5.67. The number of benzene rings is 1. The Morgan fingerprint density at radius 1 is 1.22 bits per heavy atom. The van der Waals surface area contributed by atoms with Gasteiger partial charge in [-0.1, -0.05) is 0 Å². The highest BCUT2D eigenvalue weighted by Gasteiger charge is 2.12. The van der Waals surface area contributed by atoms with Crippen LogP contribution in [0.2, 0.25) is 0 Å². The predicted octanol–water partition coefficient (Wildman–Crippen LogP) is 3.63. The Labute approximate surface area is 154 Å². The van der Waals surface area contributed by atoms with Crippen LogP contribution in [-0.2, 0) is 0 Å². The van der Waals surface area contributed by atoms with Crippen LogP contribution in [0.15, 0.2) is 58.2 Å². The van der Waals surface area contributed by atoms with Crippen LogP contribution in [0.4, 0.5) is 5.69 Å². The van der Waals surface area contributed by atoms with E-state index in [2.05, 4.69) is 15.5 Å². The minimum Gasteiger partial charge on any atom is -0.455 e. The zero-order chi connectivity index (χ0) is 19.4. The number of pyridine rings is 1. The fraction of sp³-hybridized carbons (Fsp3) is 0.105. The van der Waals surface area contributed by atoms with Gasteiger partial charge in [-0.05, 0) is 49.7 Å². The zero-order valence-electron chi connectivity index (χ0n) is 14.7. The van der Waals surface area contributed by atoms with Gasteiger partial charge >= 0.3 is 0 Å². The van der Waals surface area contributed by atoms with Crippen molar-refractivity contribution in [3.63, 3.8) is 0 Å². The van der Waals surface area contributed by atoms with Crippen LogP contribution in [-0.4, -0.2) is 22.0 Å². The predicted molar refractivity (Wildman–Crippen MR) is 99.6 cm³/mol. The standard InChI is InChI=1S/C19H16N4O4/c1-12-9-15(23(25)26)5-7-17(12)18-8-6-16(27-18)11-21-22-19(24)14-4-3-13(2)20-10-14/h3-11H,1-2H3,(H,22,24)/b21-11-. The summed E-state index contributed by atoms with van der Waals surface area (Å²) in [4.78, 5) is 26.4. The molecule has 2 aromatic heterocycles. The van der Waals surface area contributed by atoms with Gasteiger partial charge in [-0.15, -0.1) is 0 Å². The number of non-ortho nitro benzene ring substituents is 1. The third kappa shape index (κ3) is 4.24. The summed E-state index contributed by atoms with van der Waals surface area (Å²) in [6.45, 7) is 3.61. The van der Waals surface area contributed by atoms with E-state index in [4.69, 9.17) is 4.42 Å². The topological polar surface area (TPSA) is 111 Å². The quantitative estimate of drug-likeness (QED) is 0.422. The lowest BCUT2D eigenvalue weighted by atomic mass is 10.1. The van der Waals surface area contributed by atoms with Crippen LogP contribution in [0.25, 0.3) is 11.3 Å². The van der Waals surface area contributed by atoms with Gasteiger partial charge < -0.3 is 4.42 Å². The molecule has 0 saturated heterocycles. The van der Waals surface area contributed by atoms with E-state index < -0.39 is 4.92 Å². The van der Waals surface area contributed by atoms with Crippen molar-refractivity contribution in [2.75, 3.05) is 0 Å². The normalized spacial score (nSPS) is 10.9. The number of carbonyl (C=O) groups excluding carboxylic acids is 1. The number of aryl methyl sites for hydroxylation is 2. The van der Waals surface area contributed by atoms with Gasteiger partial charge in [-0.25, -0.2) is 5.43 Å². The van der Waals surface area contributed by atoms with Crippen LogP contribution in [0.5, 0.6) is 0 Å². The molecule has 1 amide bonds. The molecule has 3 rings (SSSR count). The number of hydrogen-bond donors (Lipinski definition) is 1. The van der Waals surface area contributed by atoms with Crippen LogP contribution in [0.1, 0.15) is 27.4 Å². The first-order valence-corrected chi connectivity index (χ1v) is 8.05. The third-order valence-electron chi connectivity index (χ3n) is 3.84. The highest BCUT2D eigenvalue weighted by Crippen LogP contribution is 2.28. The first-order chi connectivity index (χ1) is 12.9. The van der Waals surface area contributed by atoms with Gasteiger partial charge in [0, 0.05) is 29.6 Å². The van der Waals surface area contributed by atoms with E-state index in [9.17, 15) is 14.9 Å². The number of rotatable bonds is 5. The highest BCUT2D eigenvalue weighted by atomic mass is 16.6. The van der Waals surface area contributed by atoms with Gasteiger partial charge in [0.2, 0.25) is 0 Å². The minimum absolute atomic E-state index is 0.0258. The maximum Gasteiger partial charge on any atom is 0.272 e. The molecule has 0 bridgehead atoms. The van der Waals surface area contributed by atoms with E-state index in [1.54, 1.807) is 37.3 Å². The first kappa shape index (κ1) is 18.0. The van der Waals surface area contributed by atoms with Crippen LogP contribution < -0.4 is 5.43 Å². The molecule has 0 radical (unpaired) electrons. The minimum atomic E-state index is -0.441. The van der Waals surface area contributed by atoms with Gasteiger partial charge in [0.15, 0.2) is 0 Å². The number of nitrogens with one attached hydrogen (secondary N) is 1.